The molecule has 154 valence electrons. The molecule has 2 saturated heterocycles. The molecule has 0 N–H and O–H groups in total. The van der Waals surface area contributed by atoms with Crippen LogP contribution < -0.4 is 9.64 Å². The van der Waals surface area contributed by atoms with Gasteiger partial charge < -0.3 is 14.5 Å². The summed E-state index contributed by atoms with van der Waals surface area (Å²) in [6.07, 6.45) is 2.19. The highest BCUT2D eigenvalue weighted by Gasteiger charge is 2.30. The van der Waals surface area contributed by atoms with Gasteiger partial charge in [-0.1, -0.05) is 29.8 Å². The number of anilines is 1. The number of methoxy groups -OCH3 is 1. The van der Waals surface area contributed by atoms with Gasteiger partial charge in [0.15, 0.2) is 0 Å². The molecule has 6 heteroatoms. The number of nitrogens with zero attached hydrogens (tertiary/aromatic N) is 3. The van der Waals surface area contributed by atoms with Crippen molar-refractivity contribution in [2.24, 2.45) is 0 Å². The number of piperazine rings is 1. The third-order valence-corrected chi connectivity index (χ3v) is 6.25. The van der Waals surface area contributed by atoms with Crippen LogP contribution in [0.4, 0.5) is 5.69 Å². The van der Waals surface area contributed by atoms with E-state index in [9.17, 15) is 4.79 Å². The molecule has 5 nitrogen and oxygen atoms in total. The van der Waals surface area contributed by atoms with Crippen LogP contribution in [0, 0.1) is 0 Å². The zero-order valence-electron chi connectivity index (χ0n) is 16.9. The van der Waals surface area contributed by atoms with Gasteiger partial charge in [-0.2, -0.15) is 0 Å². The van der Waals surface area contributed by atoms with Gasteiger partial charge >= 0.3 is 0 Å². The highest BCUT2D eigenvalue weighted by atomic mass is 35.5. The Hall–Kier alpha value is -2.24. The predicted octanol–water partition coefficient (Wildman–Crippen LogP) is 3.78. The molecule has 0 aliphatic carbocycles. The third-order valence-electron chi connectivity index (χ3n) is 6.01. The van der Waals surface area contributed by atoms with Crippen molar-refractivity contribution >= 4 is 23.2 Å². The number of halogens is 1. The zero-order valence-corrected chi connectivity index (χ0v) is 17.6. The van der Waals surface area contributed by atoms with Gasteiger partial charge in [0, 0.05) is 55.9 Å². The first-order valence-corrected chi connectivity index (χ1v) is 10.7. The normalized spacial score (nSPS) is 20.6. The SMILES string of the molecule is COc1ccccc1N1CCN([C@@H]2CCCN(C(=O)c3cccc(Cl)c3)C2)CC1. The standard InChI is InChI=1S/C23H28ClN3O2/c1-29-22-10-3-2-9-21(22)26-14-12-25(13-15-26)20-8-5-11-27(17-20)23(28)18-6-4-7-19(24)16-18/h2-4,6-7,9-10,16,20H,5,8,11-15,17H2,1H3/t20-/m1/s1. The van der Waals surface area contributed by atoms with Crippen LogP contribution in [0.3, 0.4) is 0 Å². The fourth-order valence-corrected chi connectivity index (χ4v) is 4.65. The van der Waals surface area contributed by atoms with E-state index in [1.807, 2.05) is 29.2 Å². The summed E-state index contributed by atoms with van der Waals surface area (Å²) in [6.45, 7) is 5.56. The smallest absolute Gasteiger partial charge is 0.253 e. The molecule has 2 aliphatic rings. The quantitative estimate of drug-likeness (QED) is 0.764. The first-order chi connectivity index (χ1) is 14.2. The van der Waals surface area contributed by atoms with E-state index in [1.54, 1.807) is 19.2 Å². The van der Waals surface area contributed by atoms with Crippen molar-refractivity contribution in [1.82, 2.24) is 9.80 Å². The number of piperidine rings is 1. The van der Waals surface area contributed by atoms with Crippen LogP contribution in [0.25, 0.3) is 0 Å². The molecule has 29 heavy (non-hydrogen) atoms. The minimum atomic E-state index is 0.0878. The van der Waals surface area contributed by atoms with Crippen LogP contribution in [0.15, 0.2) is 48.5 Å². The van der Waals surface area contributed by atoms with Crippen molar-refractivity contribution in [3.8, 4) is 5.75 Å². The van der Waals surface area contributed by atoms with E-state index in [1.165, 1.54) is 0 Å². The van der Waals surface area contributed by atoms with E-state index in [-0.39, 0.29) is 5.91 Å². The van der Waals surface area contributed by atoms with E-state index in [0.717, 1.165) is 63.5 Å². The topological polar surface area (TPSA) is 36.0 Å². The molecule has 0 aromatic heterocycles. The average Bonchev–Trinajstić information content (AvgIpc) is 2.79. The maximum atomic E-state index is 12.9. The lowest BCUT2D eigenvalue weighted by molar-refractivity contribution is 0.0563. The number of benzene rings is 2. The number of para-hydroxylation sites is 2. The fourth-order valence-electron chi connectivity index (χ4n) is 4.46. The molecule has 0 spiro atoms. The van der Waals surface area contributed by atoms with Crippen molar-refractivity contribution in [2.75, 3.05) is 51.3 Å². The zero-order chi connectivity index (χ0) is 20.2. The lowest BCUT2D eigenvalue weighted by Gasteiger charge is -2.44. The Bertz CT molecular complexity index is 852. The minimum Gasteiger partial charge on any atom is -0.495 e. The van der Waals surface area contributed by atoms with Crippen molar-refractivity contribution < 1.29 is 9.53 Å². The van der Waals surface area contributed by atoms with E-state index < -0.39 is 0 Å². The second-order valence-corrected chi connectivity index (χ2v) is 8.19. The summed E-state index contributed by atoms with van der Waals surface area (Å²) in [4.78, 5) is 19.8. The summed E-state index contributed by atoms with van der Waals surface area (Å²) < 4.78 is 5.52. The van der Waals surface area contributed by atoms with Crippen LogP contribution in [-0.2, 0) is 0 Å². The number of hydrogen-bond donors (Lipinski definition) is 0. The second kappa shape index (κ2) is 9.06. The molecular formula is C23H28ClN3O2. The predicted molar refractivity (Wildman–Crippen MR) is 117 cm³/mol. The van der Waals surface area contributed by atoms with Crippen molar-refractivity contribution in [3.63, 3.8) is 0 Å². The van der Waals surface area contributed by atoms with Gasteiger partial charge in [0.2, 0.25) is 0 Å². The Labute approximate surface area is 177 Å². The van der Waals surface area contributed by atoms with Gasteiger partial charge in [-0.05, 0) is 43.2 Å². The van der Waals surface area contributed by atoms with Gasteiger partial charge in [0.1, 0.15) is 5.75 Å². The maximum absolute atomic E-state index is 12.9. The van der Waals surface area contributed by atoms with Crippen molar-refractivity contribution in [2.45, 2.75) is 18.9 Å². The molecular weight excluding hydrogens is 386 g/mol. The highest BCUT2D eigenvalue weighted by Crippen LogP contribution is 2.29. The van der Waals surface area contributed by atoms with E-state index >= 15 is 0 Å². The van der Waals surface area contributed by atoms with Gasteiger partial charge in [0.25, 0.3) is 5.91 Å². The molecule has 0 unspecified atom stereocenters. The monoisotopic (exact) mass is 413 g/mol. The largest absolute Gasteiger partial charge is 0.495 e. The Morgan fingerprint density at radius 3 is 2.59 bits per heavy atom. The fraction of sp³-hybridized carbons (Fsp3) is 0.435. The minimum absolute atomic E-state index is 0.0878. The first-order valence-electron chi connectivity index (χ1n) is 10.3. The number of carbonyl (C=O) groups excluding carboxylic acids is 1. The van der Waals surface area contributed by atoms with Gasteiger partial charge in [-0.25, -0.2) is 0 Å². The second-order valence-electron chi connectivity index (χ2n) is 7.75. The van der Waals surface area contributed by atoms with Crippen LogP contribution in [0.2, 0.25) is 5.02 Å². The lowest BCUT2D eigenvalue weighted by Crippen LogP contribution is -2.55. The molecule has 0 saturated carbocycles. The summed E-state index contributed by atoms with van der Waals surface area (Å²) in [5, 5.41) is 0.608. The van der Waals surface area contributed by atoms with E-state index in [4.69, 9.17) is 16.3 Å². The number of likely N-dealkylation sites (tertiary alicyclic amines) is 1. The Morgan fingerprint density at radius 1 is 1.03 bits per heavy atom. The Balaban J connectivity index is 1.37. The van der Waals surface area contributed by atoms with Crippen LogP contribution in [-0.4, -0.2) is 68.1 Å². The summed E-state index contributed by atoms with van der Waals surface area (Å²) in [5.74, 6) is 1.02. The molecule has 2 heterocycles. The van der Waals surface area contributed by atoms with Crippen LogP contribution >= 0.6 is 11.6 Å². The van der Waals surface area contributed by atoms with Crippen molar-refractivity contribution in [1.29, 1.82) is 0 Å². The number of carbonyl (C=O) groups is 1. The molecule has 1 amide bonds. The van der Waals surface area contributed by atoms with Gasteiger partial charge in [-0.3, -0.25) is 9.69 Å². The van der Waals surface area contributed by atoms with Gasteiger partial charge in [-0.15, -0.1) is 0 Å². The number of hydrogen-bond acceptors (Lipinski definition) is 4. The molecule has 4 rings (SSSR count). The molecule has 0 radical (unpaired) electrons. The molecule has 2 aliphatic heterocycles. The lowest BCUT2D eigenvalue weighted by atomic mass is 10.0. The van der Waals surface area contributed by atoms with Crippen LogP contribution in [0.1, 0.15) is 23.2 Å². The van der Waals surface area contributed by atoms with Crippen molar-refractivity contribution in [3.05, 3.63) is 59.1 Å². The van der Waals surface area contributed by atoms with Crippen LogP contribution in [0.5, 0.6) is 5.75 Å². The van der Waals surface area contributed by atoms with E-state index in [0.29, 0.717) is 16.6 Å². The van der Waals surface area contributed by atoms with E-state index in [2.05, 4.69) is 21.9 Å². The maximum Gasteiger partial charge on any atom is 0.253 e. The summed E-state index contributed by atoms with van der Waals surface area (Å²) in [5.41, 5.74) is 1.84. The number of amides is 1. The Kier molecular flexibility index (Phi) is 6.26. The highest BCUT2D eigenvalue weighted by molar-refractivity contribution is 6.30. The number of ether oxygens (including phenoxy) is 1. The Morgan fingerprint density at radius 2 is 1.83 bits per heavy atom. The molecule has 2 aromatic carbocycles. The number of rotatable bonds is 4. The molecule has 2 fully saturated rings. The molecule has 2 aromatic rings. The summed E-state index contributed by atoms with van der Waals surface area (Å²) in [7, 11) is 1.72. The first kappa shape index (κ1) is 20.0. The summed E-state index contributed by atoms with van der Waals surface area (Å²) >= 11 is 6.07. The molecule has 0 bridgehead atoms. The summed E-state index contributed by atoms with van der Waals surface area (Å²) in [6, 6.07) is 15.9. The third kappa shape index (κ3) is 4.51. The van der Waals surface area contributed by atoms with Gasteiger partial charge in [0.05, 0.1) is 12.8 Å². The molecule has 1 atom stereocenters. The average molecular weight is 414 g/mol.